The second kappa shape index (κ2) is 6.88. The van der Waals surface area contributed by atoms with Crippen LogP contribution < -0.4 is 0 Å². The normalized spacial score (nSPS) is 11.2. The van der Waals surface area contributed by atoms with Gasteiger partial charge in [0.05, 0.1) is 6.54 Å². The summed E-state index contributed by atoms with van der Waals surface area (Å²) < 4.78 is 32.5. The molecule has 0 N–H and O–H groups in total. The predicted octanol–water partition coefficient (Wildman–Crippen LogP) is 3.96. The van der Waals surface area contributed by atoms with E-state index in [1.54, 1.807) is 37.3 Å². The van der Waals surface area contributed by atoms with Crippen molar-refractivity contribution >= 4 is 0 Å². The molecule has 0 fully saturated rings. The number of halogens is 2. The molecule has 0 saturated carbocycles. The van der Waals surface area contributed by atoms with Gasteiger partial charge in [-0.1, -0.05) is 35.5 Å². The summed E-state index contributed by atoms with van der Waals surface area (Å²) in [7, 11) is 1.84. The fourth-order valence-electron chi connectivity index (χ4n) is 2.37. The van der Waals surface area contributed by atoms with Crippen LogP contribution in [0.2, 0.25) is 0 Å². The first kappa shape index (κ1) is 16.3. The van der Waals surface area contributed by atoms with Gasteiger partial charge < -0.3 is 4.52 Å². The molecule has 0 bridgehead atoms. The van der Waals surface area contributed by atoms with Crippen LogP contribution in [0.25, 0.3) is 11.4 Å². The molecule has 3 aromatic rings. The minimum atomic E-state index is -0.310. The first-order valence-electron chi connectivity index (χ1n) is 7.54. The smallest absolute Gasteiger partial charge is 0.241 e. The van der Waals surface area contributed by atoms with E-state index in [1.807, 2.05) is 11.9 Å². The molecule has 0 unspecified atom stereocenters. The van der Waals surface area contributed by atoms with Crippen molar-refractivity contribution in [3.63, 3.8) is 0 Å². The Morgan fingerprint density at radius 3 is 2.58 bits per heavy atom. The molecule has 3 rings (SSSR count). The molecule has 0 aliphatic carbocycles. The number of hydrogen-bond donors (Lipinski definition) is 0. The standard InChI is InChI=1S/C18H17F2N3O/c1-12-7-8-13(9-16(12)20)18-21-17(24-22-18)11-23(2)10-14-5-3-4-6-15(14)19/h3-9H,10-11H2,1-2H3. The molecular formula is C18H17F2N3O. The van der Waals surface area contributed by atoms with Crippen molar-refractivity contribution in [1.82, 2.24) is 15.0 Å². The summed E-state index contributed by atoms with van der Waals surface area (Å²) in [6.07, 6.45) is 0. The van der Waals surface area contributed by atoms with Crippen LogP contribution in [0.1, 0.15) is 17.0 Å². The summed E-state index contributed by atoms with van der Waals surface area (Å²) in [5.74, 6) is 0.175. The Morgan fingerprint density at radius 1 is 1.04 bits per heavy atom. The van der Waals surface area contributed by atoms with E-state index in [-0.39, 0.29) is 11.6 Å². The second-order valence-corrected chi connectivity index (χ2v) is 5.74. The van der Waals surface area contributed by atoms with E-state index in [0.29, 0.717) is 41.5 Å². The number of rotatable bonds is 5. The largest absolute Gasteiger partial charge is 0.338 e. The van der Waals surface area contributed by atoms with Gasteiger partial charge in [0.2, 0.25) is 11.7 Å². The van der Waals surface area contributed by atoms with Gasteiger partial charge in [0, 0.05) is 17.7 Å². The van der Waals surface area contributed by atoms with Crippen LogP contribution in [0, 0.1) is 18.6 Å². The van der Waals surface area contributed by atoms with Gasteiger partial charge in [-0.3, -0.25) is 4.90 Å². The van der Waals surface area contributed by atoms with E-state index >= 15 is 0 Å². The van der Waals surface area contributed by atoms with Crippen LogP contribution in [-0.4, -0.2) is 22.1 Å². The summed E-state index contributed by atoms with van der Waals surface area (Å²) in [4.78, 5) is 6.14. The number of aryl methyl sites for hydroxylation is 1. The molecular weight excluding hydrogens is 312 g/mol. The highest BCUT2D eigenvalue weighted by Crippen LogP contribution is 2.19. The Bertz CT molecular complexity index is 848. The van der Waals surface area contributed by atoms with E-state index in [4.69, 9.17) is 4.52 Å². The third-order valence-electron chi connectivity index (χ3n) is 3.70. The van der Waals surface area contributed by atoms with E-state index < -0.39 is 0 Å². The lowest BCUT2D eigenvalue weighted by Gasteiger charge is -2.14. The highest BCUT2D eigenvalue weighted by Gasteiger charge is 2.13. The summed E-state index contributed by atoms with van der Waals surface area (Å²) in [6.45, 7) is 2.48. The van der Waals surface area contributed by atoms with Crippen LogP contribution in [0.15, 0.2) is 47.0 Å². The van der Waals surface area contributed by atoms with Crippen molar-refractivity contribution in [3.8, 4) is 11.4 Å². The fourth-order valence-corrected chi connectivity index (χ4v) is 2.37. The summed E-state index contributed by atoms with van der Waals surface area (Å²) in [5, 5.41) is 3.88. The van der Waals surface area contributed by atoms with Crippen LogP contribution in [0.5, 0.6) is 0 Å². The number of benzene rings is 2. The van der Waals surface area contributed by atoms with Gasteiger partial charge >= 0.3 is 0 Å². The van der Waals surface area contributed by atoms with Gasteiger partial charge in [-0.15, -0.1) is 0 Å². The van der Waals surface area contributed by atoms with Crippen molar-refractivity contribution in [2.24, 2.45) is 0 Å². The molecule has 0 aliphatic heterocycles. The van der Waals surface area contributed by atoms with E-state index in [0.717, 1.165) is 0 Å². The molecule has 0 saturated heterocycles. The molecule has 1 aromatic heterocycles. The molecule has 0 radical (unpaired) electrons. The summed E-state index contributed by atoms with van der Waals surface area (Å²) >= 11 is 0. The highest BCUT2D eigenvalue weighted by molar-refractivity contribution is 5.54. The molecule has 0 amide bonds. The quantitative estimate of drug-likeness (QED) is 0.711. The van der Waals surface area contributed by atoms with Crippen molar-refractivity contribution in [1.29, 1.82) is 0 Å². The van der Waals surface area contributed by atoms with E-state index in [9.17, 15) is 8.78 Å². The zero-order valence-electron chi connectivity index (χ0n) is 13.5. The first-order valence-corrected chi connectivity index (χ1v) is 7.54. The average Bonchev–Trinajstić information content (AvgIpc) is 3.00. The number of aromatic nitrogens is 2. The monoisotopic (exact) mass is 329 g/mol. The summed E-state index contributed by atoms with van der Waals surface area (Å²) in [6, 6.07) is 11.4. The lowest BCUT2D eigenvalue weighted by molar-refractivity contribution is 0.258. The lowest BCUT2D eigenvalue weighted by atomic mass is 10.1. The third-order valence-corrected chi connectivity index (χ3v) is 3.70. The molecule has 6 heteroatoms. The van der Waals surface area contributed by atoms with Crippen molar-refractivity contribution < 1.29 is 13.3 Å². The summed E-state index contributed by atoms with van der Waals surface area (Å²) in [5.41, 5.74) is 1.72. The van der Waals surface area contributed by atoms with Crippen LogP contribution in [0.4, 0.5) is 8.78 Å². The number of hydrogen-bond acceptors (Lipinski definition) is 4. The van der Waals surface area contributed by atoms with Crippen molar-refractivity contribution in [2.75, 3.05) is 7.05 Å². The van der Waals surface area contributed by atoms with Crippen LogP contribution in [-0.2, 0) is 13.1 Å². The minimum absolute atomic E-state index is 0.245. The average molecular weight is 329 g/mol. The Balaban J connectivity index is 1.69. The fraction of sp³-hybridized carbons (Fsp3) is 0.222. The van der Waals surface area contributed by atoms with E-state index in [2.05, 4.69) is 10.1 Å². The molecule has 0 aliphatic rings. The molecule has 4 nitrogen and oxygen atoms in total. The topological polar surface area (TPSA) is 42.2 Å². The maximum atomic E-state index is 13.7. The molecule has 1 heterocycles. The van der Waals surface area contributed by atoms with Gasteiger partial charge in [-0.25, -0.2) is 8.78 Å². The van der Waals surface area contributed by atoms with Crippen molar-refractivity contribution in [2.45, 2.75) is 20.0 Å². The Kier molecular flexibility index (Phi) is 4.66. The third kappa shape index (κ3) is 3.65. The maximum Gasteiger partial charge on any atom is 0.241 e. The van der Waals surface area contributed by atoms with Gasteiger partial charge in [0.1, 0.15) is 11.6 Å². The first-order chi connectivity index (χ1) is 11.5. The molecule has 24 heavy (non-hydrogen) atoms. The van der Waals surface area contributed by atoms with Gasteiger partial charge in [-0.05, 0) is 31.7 Å². The SMILES string of the molecule is Cc1ccc(-c2noc(CN(C)Cc3ccccc3F)n2)cc1F. The predicted molar refractivity (Wildman–Crippen MR) is 86.0 cm³/mol. The molecule has 2 aromatic carbocycles. The molecule has 0 spiro atoms. The van der Waals surface area contributed by atoms with Crippen molar-refractivity contribution in [3.05, 3.63) is 71.1 Å². The Labute approximate surface area is 138 Å². The zero-order valence-corrected chi connectivity index (χ0v) is 13.5. The van der Waals surface area contributed by atoms with Crippen LogP contribution in [0.3, 0.4) is 0 Å². The zero-order chi connectivity index (χ0) is 17.1. The van der Waals surface area contributed by atoms with E-state index in [1.165, 1.54) is 12.1 Å². The Hall–Kier alpha value is -2.60. The second-order valence-electron chi connectivity index (χ2n) is 5.74. The minimum Gasteiger partial charge on any atom is -0.338 e. The lowest BCUT2D eigenvalue weighted by Crippen LogP contribution is -2.18. The van der Waals surface area contributed by atoms with Gasteiger partial charge in [0.15, 0.2) is 0 Å². The number of nitrogens with zero attached hydrogens (tertiary/aromatic N) is 3. The Morgan fingerprint density at radius 2 is 1.83 bits per heavy atom. The highest BCUT2D eigenvalue weighted by atomic mass is 19.1. The van der Waals surface area contributed by atoms with Gasteiger partial charge in [0.25, 0.3) is 0 Å². The maximum absolute atomic E-state index is 13.7. The van der Waals surface area contributed by atoms with Crippen LogP contribution >= 0.6 is 0 Å². The van der Waals surface area contributed by atoms with Gasteiger partial charge in [-0.2, -0.15) is 4.98 Å². The molecule has 0 atom stereocenters. The molecule has 124 valence electrons.